The van der Waals surface area contributed by atoms with Gasteiger partial charge in [0.1, 0.15) is 5.82 Å². The van der Waals surface area contributed by atoms with Crippen LogP contribution in [0.2, 0.25) is 5.02 Å². The highest BCUT2D eigenvalue weighted by atomic mass is 127. The van der Waals surface area contributed by atoms with Crippen molar-refractivity contribution in [3.8, 4) is 5.69 Å². The van der Waals surface area contributed by atoms with Gasteiger partial charge in [-0.15, -0.1) is 24.0 Å². The predicted octanol–water partition coefficient (Wildman–Crippen LogP) is 3.87. The second-order valence-electron chi connectivity index (χ2n) is 7.20. The van der Waals surface area contributed by atoms with Crippen LogP contribution in [-0.2, 0) is 6.54 Å². The number of hydrogen-bond acceptors (Lipinski definition) is 4. The fourth-order valence-electron chi connectivity index (χ4n) is 3.54. The first-order valence-electron chi connectivity index (χ1n) is 10.2. The van der Waals surface area contributed by atoms with E-state index in [1.54, 1.807) is 12.4 Å². The lowest BCUT2D eigenvalue weighted by atomic mass is 10.2. The van der Waals surface area contributed by atoms with E-state index >= 15 is 0 Å². The Morgan fingerprint density at radius 3 is 2.74 bits per heavy atom. The average molecular weight is 552 g/mol. The van der Waals surface area contributed by atoms with Gasteiger partial charge in [-0.1, -0.05) is 23.7 Å². The number of hydrogen-bond donors (Lipinski definition) is 2. The van der Waals surface area contributed by atoms with Gasteiger partial charge in [0.2, 0.25) is 0 Å². The lowest BCUT2D eigenvalue weighted by molar-refractivity contribution is 0.649. The van der Waals surface area contributed by atoms with E-state index < -0.39 is 0 Å². The Bertz CT molecular complexity index is 976. The van der Waals surface area contributed by atoms with E-state index in [0.29, 0.717) is 17.6 Å². The molecule has 1 atom stereocenters. The summed E-state index contributed by atoms with van der Waals surface area (Å²) in [4.78, 5) is 11.4. The SMILES string of the molecule is CCNC(=NCc1ccc(-n2cccn2)cc1)NC1CCN(c2ncccc2Cl)C1.I. The standard InChI is InChI=1S/C22H26ClN7.HI/c1-2-24-22(26-15-17-6-8-19(9-7-17)30-13-4-12-27-30)28-18-10-14-29(16-18)21-20(23)5-3-11-25-21;/h3-9,11-13,18H,2,10,14-16H2,1H3,(H2,24,26,28);1H. The summed E-state index contributed by atoms with van der Waals surface area (Å²) in [7, 11) is 0. The molecule has 1 aromatic carbocycles. The number of rotatable bonds is 6. The Labute approximate surface area is 204 Å². The number of pyridine rings is 1. The van der Waals surface area contributed by atoms with E-state index in [4.69, 9.17) is 16.6 Å². The molecule has 3 heterocycles. The van der Waals surface area contributed by atoms with Crippen molar-refractivity contribution >= 4 is 47.4 Å². The van der Waals surface area contributed by atoms with Crippen LogP contribution in [0.15, 0.2) is 66.0 Å². The van der Waals surface area contributed by atoms with Gasteiger partial charge in [0.25, 0.3) is 0 Å². The third-order valence-corrected chi connectivity index (χ3v) is 5.33. The van der Waals surface area contributed by atoms with Crippen molar-refractivity contribution in [2.75, 3.05) is 24.5 Å². The zero-order chi connectivity index (χ0) is 20.8. The molecule has 0 spiro atoms. The molecule has 4 rings (SSSR count). The number of aromatic nitrogens is 3. The number of nitrogens with one attached hydrogen (secondary N) is 2. The zero-order valence-corrected chi connectivity index (χ0v) is 20.5. The summed E-state index contributed by atoms with van der Waals surface area (Å²) in [5.41, 5.74) is 2.19. The summed E-state index contributed by atoms with van der Waals surface area (Å²) in [6.45, 7) is 5.26. The number of guanidine groups is 1. The number of benzene rings is 1. The lowest BCUT2D eigenvalue weighted by Gasteiger charge is -2.20. The van der Waals surface area contributed by atoms with E-state index in [1.807, 2.05) is 29.1 Å². The molecule has 1 fully saturated rings. The molecule has 2 aromatic heterocycles. The highest BCUT2D eigenvalue weighted by molar-refractivity contribution is 14.0. The van der Waals surface area contributed by atoms with Gasteiger partial charge in [-0.25, -0.2) is 14.7 Å². The lowest BCUT2D eigenvalue weighted by Crippen LogP contribution is -2.44. The minimum absolute atomic E-state index is 0. The summed E-state index contributed by atoms with van der Waals surface area (Å²) < 4.78 is 1.85. The topological polar surface area (TPSA) is 70.4 Å². The van der Waals surface area contributed by atoms with Gasteiger partial charge in [-0.05, 0) is 49.2 Å². The Morgan fingerprint density at radius 1 is 1.19 bits per heavy atom. The fourth-order valence-corrected chi connectivity index (χ4v) is 3.78. The predicted molar refractivity (Wildman–Crippen MR) is 137 cm³/mol. The molecule has 0 aliphatic carbocycles. The van der Waals surface area contributed by atoms with Gasteiger partial charge >= 0.3 is 0 Å². The molecule has 0 saturated carbocycles. The van der Waals surface area contributed by atoms with Crippen LogP contribution in [-0.4, -0.2) is 46.4 Å². The molecular formula is C22H27ClIN7. The van der Waals surface area contributed by atoms with E-state index in [9.17, 15) is 0 Å². The third kappa shape index (κ3) is 6.10. The molecule has 7 nitrogen and oxygen atoms in total. The second kappa shape index (κ2) is 11.3. The number of halogens is 2. The first kappa shape index (κ1) is 23.3. The zero-order valence-electron chi connectivity index (χ0n) is 17.4. The van der Waals surface area contributed by atoms with Crippen LogP contribution in [0.5, 0.6) is 0 Å². The van der Waals surface area contributed by atoms with Gasteiger partial charge in [0.15, 0.2) is 5.96 Å². The molecule has 9 heteroatoms. The molecule has 0 bridgehead atoms. The first-order valence-corrected chi connectivity index (χ1v) is 10.6. The van der Waals surface area contributed by atoms with Crippen molar-refractivity contribution in [1.29, 1.82) is 0 Å². The van der Waals surface area contributed by atoms with Crippen LogP contribution in [0, 0.1) is 0 Å². The minimum Gasteiger partial charge on any atom is -0.357 e. The smallest absolute Gasteiger partial charge is 0.191 e. The van der Waals surface area contributed by atoms with Crippen LogP contribution in [0.1, 0.15) is 18.9 Å². The van der Waals surface area contributed by atoms with Gasteiger partial charge in [-0.2, -0.15) is 5.10 Å². The van der Waals surface area contributed by atoms with Crippen LogP contribution < -0.4 is 15.5 Å². The van der Waals surface area contributed by atoms with Gasteiger partial charge in [0.05, 0.1) is 17.3 Å². The van der Waals surface area contributed by atoms with Crippen molar-refractivity contribution in [2.24, 2.45) is 4.99 Å². The fraction of sp³-hybridized carbons (Fsp3) is 0.318. The molecule has 164 valence electrons. The van der Waals surface area contributed by atoms with Crippen molar-refractivity contribution < 1.29 is 0 Å². The van der Waals surface area contributed by atoms with E-state index in [0.717, 1.165) is 49.1 Å². The summed E-state index contributed by atoms with van der Waals surface area (Å²) >= 11 is 6.30. The van der Waals surface area contributed by atoms with Crippen molar-refractivity contribution in [2.45, 2.75) is 25.9 Å². The van der Waals surface area contributed by atoms with Gasteiger partial charge in [0, 0.05) is 44.3 Å². The first-order chi connectivity index (χ1) is 14.7. The Balaban J connectivity index is 0.00000272. The van der Waals surface area contributed by atoms with Crippen LogP contribution >= 0.6 is 35.6 Å². The molecule has 1 unspecified atom stereocenters. The largest absolute Gasteiger partial charge is 0.357 e. The molecule has 3 aromatic rings. The Kier molecular flexibility index (Phi) is 8.53. The number of nitrogens with zero attached hydrogens (tertiary/aromatic N) is 5. The van der Waals surface area contributed by atoms with Crippen molar-refractivity contribution in [3.05, 3.63) is 71.6 Å². The van der Waals surface area contributed by atoms with Gasteiger partial charge in [-0.3, -0.25) is 0 Å². The Morgan fingerprint density at radius 2 is 2.03 bits per heavy atom. The molecule has 2 N–H and O–H groups in total. The van der Waals surface area contributed by atoms with E-state index in [-0.39, 0.29) is 24.0 Å². The Hall–Kier alpha value is -2.33. The molecule has 31 heavy (non-hydrogen) atoms. The monoisotopic (exact) mass is 551 g/mol. The quantitative estimate of drug-likeness (QED) is 0.277. The summed E-state index contributed by atoms with van der Waals surface area (Å²) in [5, 5.41) is 11.8. The summed E-state index contributed by atoms with van der Waals surface area (Å²) in [6, 6.07) is 14.2. The maximum absolute atomic E-state index is 6.30. The van der Waals surface area contributed by atoms with Crippen LogP contribution in [0.3, 0.4) is 0 Å². The maximum Gasteiger partial charge on any atom is 0.191 e. The average Bonchev–Trinajstić information content (AvgIpc) is 3.45. The molecule has 1 saturated heterocycles. The van der Waals surface area contributed by atoms with Gasteiger partial charge < -0.3 is 15.5 Å². The summed E-state index contributed by atoms with van der Waals surface area (Å²) in [6.07, 6.45) is 6.50. The third-order valence-electron chi connectivity index (χ3n) is 5.04. The molecule has 0 radical (unpaired) electrons. The normalized spacial score (nSPS) is 16.1. The molecular weight excluding hydrogens is 525 g/mol. The minimum atomic E-state index is 0. The molecule has 1 aliphatic heterocycles. The van der Waals surface area contributed by atoms with E-state index in [2.05, 4.69) is 56.8 Å². The second-order valence-corrected chi connectivity index (χ2v) is 7.60. The maximum atomic E-state index is 6.30. The van der Waals surface area contributed by atoms with Crippen molar-refractivity contribution in [1.82, 2.24) is 25.4 Å². The van der Waals surface area contributed by atoms with Crippen LogP contribution in [0.25, 0.3) is 5.69 Å². The highest BCUT2D eigenvalue weighted by Gasteiger charge is 2.25. The van der Waals surface area contributed by atoms with Crippen LogP contribution in [0.4, 0.5) is 5.82 Å². The highest BCUT2D eigenvalue weighted by Crippen LogP contribution is 2.25. The number of aliphatic imine (C=N–C) groups is 1. The van der Waals surface area contributed by atoms with Crippen molar-refractivity contribution in [3.63, 3.8) is 0 Å². The summed E-state index contributed by atoms with van der Waals surface area (Å²) in [5.74, 6) is 1.68. The van der Waals surface area contributed by atoms with E-state index in [1.165, 1.54) is 0 Å². The molecule has 1 aliphatic rings. The molecule has 0 amide bonds. The number of anilines is 1.